The Bertz CT molecular complexity index is 507. The first-order valence-electron chi connectivity index (χ1n) is 5.81. The van der Waals surface area contributed by atoms with Gasteiger partial charge in [-0.05, 0) is 17.2 Å². The van der Waals surface area contributed by atoms with E-state index in [1.807, 2.05) is 30.3 Å². The monoisotopic (exact) mass is 244 g/mol. The highest BCUT2D eigenvalue weighted by Gasteiger charge is 2.06. The predicted molar refractivity (Wildman–Crippen MR) is 68.5 cm³/mol. The van der Waals surface area contributed by atoms with Gasteiger partial charge in [-0.15, -0.1) is 0 Å². The maximum Gasteiger partial charge on any atom is 0.224 e. The average Bonchev–Trinajstić information content (AvgIpc) is 2.90. The van der Waals surface area contributed by atoms with Gasteiger partial charge >= 0.3 is 0 Å². The van der Waals surface area contributed by atoms with Gasteiger partial charge in [0.15, 0.2) is 0 Å². The average molecular weight is 244 g/mol. The number of nitrogens with one attached hydrogen (secondary N) is 2. The molecule has 0 fully saturated rings. The smallest absolute Gasteiger partial charge is 0.224 e. The number of carbonyl (C=O) groups excluding carboxylic acids is 1. The van der Waals surface area contributed by atoms with Crippen LogP contribution < -0.4 is 11.1 Å². The minimum Gasteiger partial charge on any atom is -0.350 e. The number of rotatable bonds is 5. The van der Waals surface area contributed by atoms with Crippen molar-refractivity contribution in [2.45, 2.75) is 19.5 Å². The molecular weight excluding hydrogens is 228 g/mol. The lowest BCUT2D eigenvalue weighted by molar-refractivity contribution is -0.120. The van der Waals surface area contributed by atoms with Gasteiger partial charge in [-0.1, -0.05) is 24.3 Å². The number of aromatic nitrogens is 2. The zero-order valence-electron chi connectivity index (χ0n) is 10.0. The zero-order valence-corrected chi connectivity index (χ0v) is 10.0. The summed E-state index contributed by atoms with van der Waals surface area (Å²) in [4.78, 5) is 11.8. The fourth-order valence-electron chi connectivity index (χ4n) is 1.74. The Morgan fingerprint density at radius 1 is 1.28 bits per heavy atom. The van der Waals surface area contributed by atoms with Crippen LogP contribution in [0.15, 0.2) is 36.5 Å². The summed E-state index contributed by atoms with van der Waals surface area (Å²) in [6.07, 6.45) is 2.01. The molecule has 1 heterocycles. The number of H-pyrrole nitrogens is 1. The van der Waals surface area contributed by atoms with Gasteiger partial charge in [0.25, 0.3) is 0 Å². The Kier molecular flexibility index (Phi) is 4.09. The summed E-state index contributed by atoms with van der Waals surface area (Å²) in [6, 6.07) is 9.54. The second-order valence-corrected chi connectivity index (χ2v) is 4.01. The van der Waals surface area contributed by atoms with Crippen LogP contribution in [0.5, 0.6) is 0 Å². The van der Waals surface area contributed by atoms with Crippen LogP contribution in [0.2, 0.25) is 0 Å². The minimum absolute atomic E-state index is 0.0227. The van der Waals surface area contributed by atoms with Gasteiger partial charge < -0.3 is 11.1 Å². The SMILES string of the molecule is NCc1ccccc1CC(=O)NCc1ccn[nH]1. The second-order valence-electron chi connectivity index (χ2n) is 4.01. The highest BCUT2D eigenvalue weighted by molar-refractivity contribution is 5.78. The number of amides is 1. The van der Waals surface area contributed by atoms with Gasteiger partial charge in [0.1, 0.15) is 0 Å². The molecule has 94 valence electrons. The van der Waals surface area contributed by atoms with E-state index in [2.05, 4.69) is 15.5 Å². The maximum absolute atomic E-state index is 11.8. The van der Waals surface area contributed by atoms with Crippen LogP contribution in [0.25, 0.3) is 0 Å². The van der Waals surface area contributed by atoms with E-state index in [1.165, 1.54) is 0 Å². The normalized spacial score (nSPS) is 10.3. The Hall–Kier alpha value is -2.14. The number of hydrogen-bond acceptors (Lipinski definition) is 3. The van der Waals surface area contributed by atoms with Gasteiger partial charge in [-0.25, -0.2) is 0 Å². The Morgan fingerprint density at radius 3 is 2.72 bits per heavy atom. The molecule has 2 rings (SSSR count). The molecule has 1 aromatic carbocycles. The molecule has 0 aliphatic rings. The predicted octanol–water partition coefficient (Wildman–Crippen LogP) is 0.727. The van der Waals surface area contributed by atoms with Crippen molar-refractivity contribution in [3.63, 3.8) is 0 Å². The molecule has 0 saturated carbocycles. The molecule has 5 nitrogen and oxygen atoms in total. The van der Waals surface area contributed by atoms with Crippen molar-refractivity contribution in [1.29, 1.82) is 0 Å². The molecule has 1 aromatic heterocycles. The third-order valence-corrected chi connectivity index (χ3v) is 2.72. The standard InChI is InChI=1S/C13H16N4O/c14-8-11-4-2-1-3-10(11)7-13(18)15-9-12-5-6-16-17-12/h1-6H,7-9,14H2,(H,15,18)(H,16,17). The van der Waals surface area contributed by atoms with E-state index in [0.717, 1.165) is 16.8 Å². The van der Waals surface area contributed by atoms with Crippen molar-refractivity contribution in [3.05, 3.63) is 53.3 Å². The van der Waals surface area contributed by atoms with Crippen molar-refractivity contribution in [2.75, 3.05) is 0 Å². The molecule has 0 bridgehead atoms. The van der Waals surface area contributed by atoms with Crippen molar-refractivity contribution in [1.82, 2.24) is 15.5 Å². The molecule has 0 atom stereocenters. The third kappa shape index (κ3) is 3.18. The molecule has 0 aliphatic heterocycles. The summed E-state index contributed by atoms with van der Waals surface area (Å²) < 4.78 is 0. The van der Waals surface area contributed by atoms with Crippen LogP contribution >= 0.6 is 0 Å². The number of hydrogen-bond donors (Lipinski definition) is 3. The van der Waals surface area contributed by atoms with Gasteiger partial charge in [0.05, 0.1) is 18.7 Å². The van der Waals surface area contributed by atoms with Crippen LogP contribution in [-0.2, 0) is 24.3 Å². The second kappa shape index (κ2) is 5.97. The number of nitrogens with zero attached hydrogens (tertiary/aromatic N) is 1. The molecule has 18 heavy (non-hydrogen) atoms. The van der Waals surface area contributed by atoms with Gasteiger partial charge in [0.2, 0.25) is 5.91 Å². The molecule has 4 N–H and O–H groups in total. The summed E-state index contributed by atoms with van der Waals surface area (Å²) in [6.45, 7) is 0.910. The van der Waals surface area contributed by atoms with Crippen molar-refractivity contribution >= 4 is 5.91 Å². The summed E-state index contributed by atoms with van der Waals surface area (Å²) >= 11 is 0. The molecule has 0 saturated heterocycles. The first-order chi connectivity index (χ1) is 8.79. The van der Waals surface area contributed by atoms with Crippen molar-refractivity contribution in [2.24, 2.45) is 5.73 Å². The molecule has 5 heteroatoms. The fourth-order valence-corrected chi connectivity index (χ4v) is 1.74. The lowest BCUT2D eigenvalue weighted by Crippen LogP contribution is -2.25. The van der Waals surface area contributed by atoms with E-state index >= 15 is 0 Å². The Balaban J connectivity index is 1.90. The minimum atomic E-state index is -0.0227. The molecule has 0 aliphatic carbocycles. The summed E-state index contributed by atoms with van der Waals surface area (Å²) in [5.41, 5.74) is 8.50. The largest absolute Gasteiger partial charge is 0.350 e. The highest BCUT2D eigenvalue weighted by Crippen LogP contribution is 2.08. The number of aromatic amines is 1. The van der Waals surface area contributed by atoms with Crippen molar-refractivity contribution in [3.8, 4) is 0 Å². The van der Waals surface area contributed by atoms with E-state index in [4.69, 9.17) is 5.73 Å². The Labute approximate surface area is 105 Å². The molecular formula is C13H16N4O. The number of nitrogens with two attached hydrogens (primary N) is 1. The Morgan fingerprint density at radius 2 is 2.06 bits per heavy atom. The van der Waals surface area contributed by atoms with Crippen LogP contribution in [-0.4, -0.2) is 16.1 Å². The first-order valence-corrected chi connectivity index (χ1v) is 5.81. The molecule has 0 radical (unpaired) electrons. The summed E-state index contributed by atoms with van der Waals surface area (Å²) in [7, 11) is 0. The maximum atomic E-state index is 11.8. The van der Waals surface area contributed by atoms with E-state index in [9.17, 15) is 4.79 Å². The van der Waals surface area contributed by atoms with Gasteiger partial charge in [0, 0.05) is 12.7 Å². The fraction of sp³-hybridized carbons (Fsp3) is 0.231. The summed E-state index contributed by atoms with van der Waals surface area (Å²) in [5, 5.41) is 9.45. The first kappa shape index (κ1) is 12.3. The number of benzene rings is 1. The van der Waals surface area contributed by atoms with Crippen LogP contribution in [0.3, 0.4) is 0 Å². The molecule has 1 amide bonds. The topological polar surface area (TPSA) is 83.8 Å². The van der Waals surface area contributed by atoms with E-state index < -0.39 is 0 Å². The lowest BCUT2D eigenvalue weighted by atomic mass is 10.0. The van der Waals surface area contributed by atoms with Crippen LogP contribution in [0, 0.1) is 0 Å². The van der Waals surface area contributed by atoms with Gasteiger partial charge in [-0.2, -0.15) is 5.10 Å². The van der Waals surface area contributed by atoms with Crippen LogP contribution in [0.4, 0.5) is 0 Å². The van der Waals surface area contributed by atoms with Crippen LogP contribution in [0.1, 0.15) is 16.8 Å². The van der Waals surface area contributed by atoms with Gasteiger partial charge in [-0.3, -0.25) is 9.89 Å². The lowest BCUT2D eigenvalue weighted by Gasteiger charge is -2.07. The quantitative estimate of drug-likeness (QED) is 0.725. The summed E-state index contributed by atoms with van der Waals surface area (Å²) in [5.74, 6) is -0.0227. The molecule has 2 aromatic rings. The molecule has 0 unspecified atom stereocenters. The third-order valence-electron chi connectivity index (χ3n) is 2.72. The van der Waals surface area contributed by atoms with E-state index in [1.54, 1.807) is 6.20 Å². The zero-order chi connectivity index (χ0) is 12.8. The van der Waals surface area contributed by atoms with E-state index in [0.29, 0.717) is 19.5 Å². The molecule has 0 spiro atoms. The van der Waals surface area contributed by atoms with E-state index in [-0.39, 0.29) is 5.91 Å². The number of carbonyl (C=O) groups is 1. The highest BCUT2D eigenvalue weighted by atomic mass is 16.1. The van der Waals surface area contributed by atoms with Crippen molar-refractivity contribution < 1.29 is 4.79 Å².